The summed E-state index contributed by atoms with van der Waals surface area (Å²) in [6.45, 7) is 4.49. The zero-order valence-corrected chi connectivity index (χ0v) is 16.5. The largest absolute Gasteiger partial charge is 0.474 e. The van der Waals surface area contributed by atoms with Crippen LogP contribution in [-0.2, 0) is 16.0 Å². The van der Waals surface area contributed by atoms with Crippen molar-refractivity contribution in [2.45, 2.75) is 90.6 Å². The summed E-state index contributed by atoms with van der Waals surface area (Å²) in [6.07, 6.45) is 14.6. The SMILES string of the molecule is CCOC(=O)CCCCCC[C@H]1CC[C@H](Oc2ccc(CC)cn2)CC1. The van der Waals surface area contributed by atoms with Crippen LogP contribution in [0, 0.1) is 5.92 Å². The average molecular weight is 362 g/mol. The quantitative estimate of drug-likeness (QED) is 0.386. The number of carbonyl (C=O) groups is 1. The van der Waals surface area contributed by atoms with Gasteiger partial charge in [-0.25, -0.2) is 4.98 Å². The number of esters is 1. The molecule has 0 aliphatic heterocycles. The van der Waals surface area contributed by atoms with Gasteiger partial charge >= 0.3 is 5.97 Å². The van der Waals surface area contributed by atoms with Crippen molar-refractivity contribution in [3.05, 3.63) is 23.9 Å². The molecule has 0 radical (unpaired) electrons. The third-order valence-corrected chi connectivity index (χ3v) is 5.34. The van der Waals surface area contributed by atoms with Crippen molar-refractivity contribution in [1.29, 1.82) is 0 Å². The Kier molecular flexibility index (Phi) is 9.51. The third kappa shape index (κ3) is 7.76. The van der Waals surface area contributed by atoms with E-state index in [-0.39, 0.29) is 5.97 Å². The fraction of sp³-hybridized carbons (Fsp3) is 0.727. The van der Waals surface area contributed by atoms with Gasteiger partial charge in [-0.2, -0.15) is 0 Å². The van der Waals surface area contributed by atoms with Gasteiger partial charge < -0.3 is 9.47 Å². The van der Waals surface area contributed by atoms with Crippen molar-refractivity contribution in [3.8, 4) is 5.88 Å². The number of aromatic nitrogens is 1. The molecule has 146 valence electrons. The molecule has 4 heteroatoms. The average Bonchev–Trinajstić information content (AvgIpc) is 2.66. The number of unbranched alkanes of at least 4 members (excludes halogenated alkanes) is 3. The third-order valence-electron chi connectivity index (χ3n) is 5.34. The highest BCUT2D eigenvalue weighted by atomic mass is 16.5. The molecule has 0 amide bonds. The van der Waals surface area contributed by atoms with E-state index in [9.17, 15) is 4.79 Å². The van der Waals surface area contributed by atoms with Crippen molar-refractivity contribution in [2.24, 2.45) is 5.92 Å². The first-order valence-electron chi connectivity index (χ1n) is 10.5. The second kappa shape index (κ2) is 11.9. The van der Waals surface area contributed by atoms with Gasteiger partial charge in [-0.3, -0.25) is 4.79 Å². The Balaban J connectivity index is 1.52. The molecule has 0 saturated heterocycles. The molecule has 0 aromatic carbocycles. The zero-order chi connectivity index (χ0) is 18.6. The molecule has 0 spiro atoms. The van der Waals surface area contributed by atoms with E-state index in [2.05, 4.69) is 18.0 Å². The number of hydrogen-bond donors (Lipinski definition) is 0. The van der Waals surface area contributed by atoms with Crippen LogP contribution in [0.5, 0.6) is 5.88 Å². The molecule has 1 saturated carbocycles. The van der Waals surface area contributed by atoms with Crippen molar-refractivity contribution in [2.75, 3.05) is 6.61 Å². The predicted molar refractivity (Wildman–Crippen MR) is 104 cm³/mol. The molecule has 2 rings (SSSR count). The van der Waals surface area contributed by atoms with Crippen molar-refractivity contribution >= 4 is 5.97 Å². The van der Waals surface area contributed by atoms with E-state index >= 15 is 0 Å². The van der Waals surface area contributed by atoms with Gasteiger partial charge in [0, 0.05) is 18.7 Å². The lowest BCUT2D eigenvalue weighted by molar-refractivity contribution is -0.143. The summed E-state index contributed by atoms with van der Waals surface area (Å²) in [5, 5.41) is 0. The van der Waals surface area contributed by atoms with Crippen LogP contribution in [0.3, 0.4) is 0 Å². The van der Waals surface area contributed by atoms with Gasteiger partial charge in [-0.1, -0.05) is 38.7 Å². The summed E-state index contributed by atoms with van der Waals surface area (Å²) >= 11 is 0. The predicted octanol–water partition coefficient (Wildman–Crippen LogP) is 5.49. The van der Waals surface area contributed by atoms with Gasteiger partial charge in [0.1, 0.15) is 6.10 Å². The van der Waals surface area contributed by atoms with Crippen LogP contribution in [0.4, 0.5) is 0 Å². The molecule has 1 aromatic heterocycles. The maximum Gasteiger partial charge on any atom is 0.305 e. The molecule has 4 nitrogen and oxygen atoms in total. The smallest absolute Gasteiger partial charge is 0.305 e. The van der Waals surface area contributed by atoms with Crippen LogP contribution in [-0.4, -0.2) is 23.7 Å². The summed E-state index contributed by atoms with van der Waals surface area (Å²) in [4.78, 5) is 15.7. The van der Waals surface area contributed by atoms with Gasteiger partial charge in [0.05, 0.1) is 6.61 Å². The number of aryl methyl sites for hydroxylation is 1. The number of nitrogens with zero attached hydrogens (tertiary/aromatic N) is 1. The Labute approximate surface area is 158 Å². The fourth-order valence-electron chi connectivity index (χ4n) is 3.69. The highest BCUT2D eigenvalue weighted by Crippen LogP contribution is 2.30. The van der Waals surface area contributed by atoms with Crippen molar-refractivity contribution < 1.29 is 14.3 Å². The molecule has 1 fully saturated rings. The van der Waals surface area contributed by atoms with E-state index in [1.54, 1.807) is 0 Å². The standard InChI is InChI=1S/C22H35NO3/c1-3-18-13-16-21(23-17-18)26-20-14-11-19(12-15-20)9-7-5-6-8-10-22(24)25-4-2/h13,16-17,19-20H,3-12,14-15H2,1-2H3/t19-,20-. The van der Waals surface area contributed by atoms with Crippen molar-refractivity contribution in [3.63, 3.8) is 0 Å². The van der Waals surface area contributed by atoms with E-state index in [0.717, 1.165) is 43.9 Å². The summed E-state index contributed by atoms with van der Waals surface area (Å²) in [6, 6.07) is 4.11. The summed E-state index contributed by atoms with van der Waals surface area (Å²) < 4.78 is 11.0. The molecule has 1 aliphatic rings. The maximum atomic E-state index is 11.3. The number of ether oxygens (including phenoxy) is 2. The van der Waals surface area contributed by atoms with Crippen LogP contribution in [0.2, 0.25) is 0 Å². The van der Waals surface area contributed by atoms with E-state index in [1.165, 1.54) is 37.7 Å². The summed E-state index contributed by atoms with van der Waals surface area (Å²) in [7, 11) is 0. The lowest BCUT2D eigenvalue weighted by Crippen LogP contribution is -2.24. The molecule has 0 bridgehead atoms. The first kappa shape index (κ1) is 20.7. The molecule has 1 aromatic rings. The number of hydrogen-bond acceptors (Lipinski definition) is 4. The topological polar surface area (TPSA) is 48.4 Å². The molecular weight excluding hydrogens is 326 g/mol. The molecule has 0 unspecified atom stereocenters. The van der Waals surface area contributed by atoms with Crippen LogP contribution >= 0.6 is 0 Å². The maximum absolute atomic E-state index is 11.3. The Hall–Kier alpha value is -1.58. The Morgan fingerprint density at radius 2 is 1.85 bits per heavy atom. The van der Waals surface area contributed by atoms with E-state index in [0.29, 0.717) is 19.1 Å². The number of pyridine rings is 1. The summed E-state index contributed by atoms with van der Waals surface area (Å²) in [5.41, 5.74) is 1.25. The van der Waals surface area contributed by atoms with E-state index in [4.69, 9.17) is 9.47 Å². The Bertz CT molecular complexity index is 507. The Morgan fingerprint density at radius 3 is 2.50 bits per heavy atom. The zero-order valence-electron chi connectivity index (χ0n) is 16.5. The molecule has 0 atom stereocenters. The molecule has 1 aliphatic carbocycles. The van der Waals surface area contributed by atoms with Gasteiger partial charge in [-0.15, -0.1) is 0 Å². The molecule has 1 heterocycles. The lowest BCUT2D eigenvalue weighted by Gasteiger charge is -2.28. The second-order valence-corrected chi connectivity index (χ2v) is 7.38. The second-order valence-electron chi connectivity index (χ2n) is 7.38. The van der Waals surface area contributed by atoms with Gasteiger partial charge in [0.25, 0.3) is 0 Å². The van der Waals surface area contributed by atoms with Gasteiger partial charge in [0.15, 0.2) is 0 Å². The number of carbonyl (C=O) groups excluding carboxylic acids is 1. The van der Waals surface area contributed by atoms with Crippen LogP contribution in [0.25, 0.3) is 0 Å². The monoisotopic (exact) mass is 361 g/mol. The minimum atomic E-state index is -0.0513. The highest BCUT2D eigenvalue weighted by molar-refractivity contribution is 5.69. The molecule has 0 N–H and O–H groups in total. The molecular formula is C22H35NO3. The molecule has 26 heavy (non-hydrogen) atoms. The normalized spacial score (nSPS) is 19.9. The van der Waals surface area contributed by atoms with Gasteiger partial charge in [0.2, 0.25) is 5.88 Å². The lowest BCUT2D eigenvalue weighted by atomic mass is 9.84. The van der Waals surface area contributed by atoms with Crippen LogP contribution in [0.15, 0.2) is 18.3 Å². The van der Waals surface area contributed by atoms with Gasteiger partial charge in [-0.05, 0) is 56.9 Å². The first-order valence-corrected chi connectivity index (χ1v) is 10.5. The minimum absolute atomic E-state index is 0.0513. The fourth-order valence-corrected chi connectivity index (χ4v) is 3.69. The van der Waals surface area contributed by atoms with E-state index < -0.39 is 0 Å². The van der Waals surface area contributed by atoms with Crippen LogP contribution < -0.4 is 4.74 Å². The first-order chi connectivity index (χ1) is 12.7. The Morgan fingerprint density at radius 1 is 1.08 bits per heavy atom. The van der Waals surface area contributed by atoms with E-state index in [1.807, 2.05) is 19.2 Å². The minimum Gasteiger partial charge on any atom is -0.474 e. The number of rotatable bonds is 11. The highest BCUT2D eigenvalue weighted by Gasteiger charge is 2.22. The summed E-state index contributed by atoms with van der Waals surface area (Å²) in [5.74, 6) is 1.56. The van der Waals surface area contributed by atoms with Crippen LogP contribution in [0.1, 0.15) is 83.6 Å². The van der Waals surface area contributed by atoms with Crippen molar-refractivity contribution in [1.82, 2.24) is 4.98 Å².